The monoisotopic (exact) mass is 676 g/mol. The number of anilines is 3. The van der Waals surface area contributed by atoms with Crippen LogP contribution >= 0.6 is 0 Å². The van der Waals surface area contributed by atoms with Crippen molar-refractivity contribution >= 4 is 44.2 Å². The van der Waals surface area contributed by atoms with E-state index in [2.05, 4.69) is 20.0 Å². The lowest BCUT2D eigenvalue weighted by molar-refractivity contribution is 0.0687. The fraction of sp³-hybridized carbons (Fsp3) is 0.265. The van der Waals surface area contributed by atoms with Crippen molar-refractivity contribution in [1.29, 1.82) is 0 Å². The number of nitrogen functional groups attached to an aromatic ring is 1. The number of nitrogens with one attached hydrogen (secondary N) is 2. The first-order valence-electron chi connectivity index (χ1n) is 14.7. The molecule has 0 aliphatic carbocycles. The predicted octanol–water partition coefficient (Wildman–Crippen LogP) is 6.03. The first-order chi connectivity index (χ1) is 22.6. The fourth-order valence-corrected chi connectivity index (χ4v) is 5.33. The molecule has 13 nitrogen and oxygen atoms in total. The lowest BCUT2D eigenvalue weighted by Crippen LogP contribution is -2.15. The molecule has 3 aromatic carbocycles. The smallest absolute Gasteiger partial charge is 0.352 e. The van der Waals surface area contributed by atoms with Crippen LogP contribution in [0, 0.1) is 0 Å². The SMILES string of the molecule is COc1c(N)cc(C(C)(C)C)cc1NS(C)(=O)=O.COc1ccc(CNc2nccc(Oc3cccc4cc(C(=O)O)n(C)c34)n2)cc1. The second-order valence-electron chi connectivity index (χ2n) is 11.9. The maximum Gasteiger partial charge on any atom is 0.352 e. The van der Waals surface area contributed by atoms with Crippen LogP contribution in [0.25, 0.3) is 10.9 Å². The molecule has 0 atom stereocenters. The van der Waals surface area contributed by atoms with E-state index in [1.165, 1.54) is 7.11 Å². The normalized spacial score (nSPS) is 11.3. The van der Waals surface area contributed by atoms with Gasteiger partial charge in [0.05, 0.1) is 37.4 Å². The number of carbonyl (C=O) groups is 1. The van der Waals surface area contributed by atoms with Gasteiger partial charge in [-0.2, -0.15) is 4.98 Å². The molecular weight excluding hydrogens is 636 g/mol. The minimum Gasteiger partial charge on any atom is -0.497 e. The Bertz CT molecular complexity index is 2020. The van der Waals surface area contributed by atoms with Crippen LogP contribution in [0.3, 0.4) is 0 Å². The van der Waals surface area contributed by atoms with E-state index in [0.717, 1.165) is 28.5 Å². The number of fused-ring (bicyclic) bond motifs is 1. The number of rotatable bonds is 10. The molecule has 0 bridgehead atoms. The first-order valence-corrected chi connectivity index (χ1v) is 16.6. The minimum atomic E-state index is -3.37. The predicted molar refractivity (Wildman–Crippen MR) is 187 cm³/mol. The molecule has 0 spiro atoms. The summed E-state index contributed by atoms with van der Waals surface area (Å²) in [5, 5.41) is 13.3. The summed E-state index contributed by atoms with van der Waals surface area (Å²) in [5.74, 6) is 1.44. The minimum absolute atomic E-state index is 0.131. The van der Waals surface area contributed by atoms with E-state index < -0.39 is 16.0 Å². The van der Waals surface area contributed by atoms with Crippen molar-refractivity contribution < 1.29 is 32.5 Å². The zero-order valence-corrected chi connectivity index (χ0v) is 28.7. The van der Waals surface area contributed by atoms with Crippen molar-refractivity contribution in [1.82, 2.24) is 14.5 Å². The number of methoxy groups -OCH3 is 2. The van der Waals surface area contributed by atoms with E-state index in [9.17, 15) is 18.3 Å². The molecule has 0 fully saturated rings. The Labute approximate surface area is 279 Å². The van der Waals surface area contributed by atoms with E-state index in [1.807, 2.05) is 57.2 Å². The number of aromatic carboxylic acids is 1. The number of nitrogens with two attached hydrogens (primary N) is 1. The van der Waals surface area contributed by atoms with Crippen LogP contribution < -0.4 is 30.0 Å². The van der Waals surface area contributed by atoms with Gasteiger partial charge < -0.3 is 34.9 Å². The number of carboxylic acids is 1. The molecule has 48 heavy (non-hydrogen) atoms. The fourth-order valence-electron chi connectivity index (χ4n) is 4.78. The molecule has 5 rings (SSSR count). The van der Waals surface area contributed by atoms with Crippen LogP contribution in [0.5, 0.6) is 23.1 Å². The van der Waals surface area contributed by atoms with Crippen LogP contribution in [0.2, 0.25) is 0 Å². The molecule has 254 valence electrons. The molecule has 14 heteroatoms. The van der Waals surface area contributed by atoms with Gasteiger partial charge in [-0.1, -0.05) is 45.0 Å². The number of aryl methyl sites for hydroxylation is 1. The van der Waals surface area contributed by atoms with Gasteiger partial charge in [0, 0.05) is 31.2 Å². The van der Waals surface area contributed by atoms with Crippen LogP contribution in [0.1, 0.15) is 42.4 Å². The van der Waals surface area contributed by atoms with Gasteiger partial charge in [-0.05, 0) is 52.9 Å². The maximum absolute atomic E-state index is 11.4. The quantitative estimate of drug-likeness (QED) is 0.127. The summed E-state index contributed by atoms with van der Waals surface area (Å²) in [6.45, 7) is 6.62. The maximum atomic E-state index is 11.4. The number of hydrogen-bond acceptors (Lipinski definition) is 10. The number of nitrogens with zero attached hydrogens (tertiary/aromatic N) is 3. The molecule has 5 aromatic rings. The Morgan fingerprint density at radius 3 is 2.33 bits per heavy atom. The summed E-state index contributed by atoms with van der Waals surface area (Å²) < 4.78 is 42.9. The molecule has 0 radical (unpaired) electrons. The van der Waals surface area contributed by atoms with Crippen LogP contribution in [-0.2, 0) is 29.0 Å². The number of hydrogen-bond donors (Lipinski definition) is 4. The summed E-state index contributed by atoms with van der Waals surface area (Å²) in [6.07, 6.45) is 2.69. The number of benzene rings is 3. The van der Waals surface area contributed by atoms with Crippen molar-refractivity contribution in [2.24, 2.45) is 7.05 Å². The van der Waals surface area contributed by atoms with Crippen molar-refractivity contribution in [3.05, 3.63) is 89.7 Å². The molecule has 5 N–H and O–H groups in total. The Morgan fingerprint density at radius 1 is 1.02 bits per heavy atom. The summed E-state index contributed by atoms with van der Waals surface area (Å²) in [6, 6.07) is 20.0. The highest BCUT2D eigenvalue weighted by Crippen LogP contribution is 2.37. The number of aromatic nitrogens is 3. The van der Waals surface area contributed by atoms with E-state index in [-0.39, 0.29) is 11.1 Å². The molecule has 0 saturated heterocycles. The van der Waals surface area contributed by atoms with Gasteiger partial charge in [0.1, 0.15) is 11.4 Å². The molecule has 0 unspecified atom stereocenters. The topological polar surface area (TPSA) is 180 Å². The van der Waals surface area contributed by atoms with E-state index in [1.54, 1.807) is 55.3 Å². The number of para-hydroxylation sites is 1. The van der Waals surface area contributed by atoms with E-state index in [0.29, 0.717) is 46.8 Å². The average Bonchev–Trinajstić information content (AvgIpc) is 3.37. The van der Waals surface area contributed by atoms with Crippen LogP contribution in [-0.4, -0.2) is 54.5 Å². The Morgan fingerprint density at radius 2 is 1.73 bits per heavy atom. The summed E-state index contributed by atoms with van der Waals surface area (Å²) in [7, 11) is 1.40. The average molecular weight is 677 g/mol. The van der Waals surface area contributed by atoms with Gasteiger partial charge >= 0.3 is 5.97 Å². The third-order valence-electron chi connectivity index (χ3n) is 7.18. The molecule has 0 aliphatic heterocycles. The Hall–Kier alpha value is -5.50. The summed E-state index contributed by atoms with van der Waals surface area (Å²) in [4.78, 5) is 20.1. The second-order valence-corrected chi connectivity index (χ2v) is 13.6. The van der Waals surface area contributed by atoms with Gasteiger partial charge in [0.2, 0.25) is 21.9 Å². The van der Waals surface area contributed by atoms with E-state index >= 15 is 0 Å². The van der Waals surface area contributed by atoms with Crippen LogP contribution in [0.15, 0.2) is 72.9 Å². The number of carboxylic acid groups (broad SMARTS) is 1. The third kappa shape index (κ3) is 8.85. The Balaban J connectivity index is 0.000000248. The lowest BCUT2D eigenvalue weighted by atomic mass is 9.86. The zero-order chi connectivity index (χ0) is 35.2. The molecule has 0 aliphatic rings. The van der Waals surface area contributed by atoms with Crippen molar-refractivity contribution in [3.8, 4) is 23.1 Å². The van der Waals surface area contributed by atoms with E-state index in [4.69, 9.17) is 19.9 Å². The van der Waals surface area contributed by atoms with Gasteiger partial charge in [-0.3, -0.25) is 4.72 Å². The van der Waals surface area contributed by atoms with Gasteiger partial charge in [-0.25, -0.2) is 18.2 Å². The van der Waals surface area contributed by atoms with Gasteiger partial charge in [0.25, 0.3) is 0 Å². The number of ether oxygens (including phenoxy) is 3. The number of sulfonamides is 1. The molecule has 2 aromatic heterocycles. The van der Waals surface area contributed by atoms with Gasteiger partial charge in [-0.15, -0.1) is 0 Å². The van der Waals surface area contributed by atoms with Gasteiger partial charge in [0.15, 0.2) is 11.5 Å². The Kier molecular flexibility index (Phi) is 10.7. The lowest BCUT2D eigenvalue weighted by Gasteiger charge is -2.22. The highest BCUT2D eigenvalue weighted by atomic mass is 32.2. The molecule has 0 amide bonds. The highest BCUT2D eigenvalue weighted by molar-refractivity contribution is 7.92. The van der Waals surface area contributed by atoms with Crippen molar-refractivity contribution in [3.63, 3.8) is 0 Å². The van der Waals surface area contributed by atoms with Crippen LogP contribution in [0.4, 0.5) is 17.3 Å². The van der Waals surface area contributed by atoms with Crippen molar-refractivity contribution in [2.45, 2.75) is 32.7 Å². The molecular formula is C34H40N6O7S. The first kappa shape index (κ1) is 35.4. The highest BCUT2D eigenvalue weighted by Gasteiger charge is 2.20. The third-order valence-corrected chi connectivity index (χ3v) is 7.77. The largest absolute Gasteiger partial charge is 0.497 e. The molecule has 2 heterocycles. The molecule has 0 saturated carbocycles. The summed E-state index contributed by atoms with van der Waals surface area (Å²) in [5.41, 5.74) is 9.40. The zero-order valence-electron chi connectivity index (χ0n) is 27.9. The van der Waals surface area contributed by atoms with Crippen molar-refractivity contribution in [2.75, 3.05) is 36.2 Å². The standard InChI is InChI=1S/C22H20N4O4.C12H20N2O3S/c1-26-17(21(27)28)12-15-4-3-5-18(20(15)26)30-19-10-11-23-22(25-19)24-13-14-6-8-16(29-2)9-7-14;1-12(2,3)8-6-9(13)11(17-4)10(7-8)14-18(5,15)16/h3-12H,13H2,1-2H3,(H,27,28)(H,23,24,25);6-7,14H,13H2,1-5H3. The second kappa shape index (κ2) is 14.5. The summed E-state index contributed by atoms with van der Waals surface area (Å²) >= 11 is 0.